The Morgan fingerprint density at radius 1 is 1.23 bits per heavy atom. The Morgan fingerprint density at radius 2 is 2.00 bits per heavy atom. The van der Waals surface area contributed by atoms with Crippen molar-refractivity contribution in [2.45, 2.75) is 27.0 Å². The van der Waals surface area contributed by atoms with Gasteiger partial charge in [0.05, 0.1) is 29.7 Å². The van der Waals surface area contributed by atoms with Crippen molar-refractivity contribution in [3.63, 3.8) is 0 Å². The smallest absolute Gasteiger partial charge is 0.387 e. The first kappa shape index (κ1) is 22.6. The fourth-order valence-electron chi connectivity index (χ4n) is 3.15. The SMILES string of the molecule is CCOc1cc(CN(C)C(=O)c2cnn(-c3cccc(Cl)c3)c2C)ccc1OC(F)F. The van der Waals surface area contributed by atoms with Crippen LogP contribution in [0.2, 0.25) is 5.02 Å². The Morgan fingerprint density at radius 3 is 2.68 bits per heavy atom. The van der Waals surface area contributed by atoms with Gasteiger partial charge in [0.1, 0.15) is 0 Å². The van der Waals surface area contributed by atoms with Crippen LogP contribution in [0.25, 0.3) is 5.69 Å². The lowest BCUT2D eigenvalue weighted by Crippen LogP contribution is -2.26. The second kappa shape index (κ2) is 9.78. The molecule has 31 heavy (non-hydrogen) atoms. The zero-order valence-corrected chi connectivity index (χ0v) is 18.1. The van der Waals surface area contributed by atoms with E-state index in [1.165, 1.54) is 17.2 Å². The number of rotatable bonds is 8. The van der Waals surface area contributed by atoms with Gasteiger partial charge in [0.2, 0.25) is 0 Å². The lowest BCUT2D eigenvalue weighted by molar-refractivity contribution is -0.0514. The number of amides is 1. The highest BCUT2D eigenvalue weighted by Crippen LogP contribution is 2.30. The molecule has 0 aliphatic rings. The molecule has 0 spiro atoms. The number of carbonyl (C=O) groups excluding carboxylic acids is 1. The van der Waals surface area contributed by atoms with Crippen molar-refractivity contribution in [1.82, 2.24) is 14.7 Å². The lowest BCUT2D eigenvalue weighted by Gasteiger charge is -2.19. The molecule has 0 N–H and O–H groups in total. The van der Waals surface area contributed by atoms with Gasteiger partial charge in [-0.25, -0.2) is 4.68 Å². The number of hydrogen-bond donors (Lipinski definition) is 0. The Bertz CT molecular complexity index is 1070. The number of aromatic nitrogens is 2. The van der Waals surface area contributed by atoms with Crippen LogP contribution in [-0.2, 0) is 6.54 Å². The Kier molecular flexibility index (Phi) is 7.12. The molecular weight excluding hydrogens is 428 g/mol. The van der Waals surface area contributed by atoms with Crippen molar-refractivity contribution in [1.29, 1.82) is 0 Å². The van der Waals surface area contributed by atoms with E-state index in [4.69, 9.17) is 16.3 Å². The van der Waals surface area contributed by atoms with Gasteiger partial charge < -0.3 is 14.4 Å². The molecule has 0 atom stereocenters. The van der Waals surface area contributed by atoms with Crippen LogP contribution in [0, 0.1) is 6.92 Å². The standard InChI is InChI=1S/C22H22ClF2N3O3/c1-4-30-20-10-15(8-9-19(20)31-22(24)25)13-27(3)21(29)18-12-26-28(14(18)2)17-7-5-6-16(23)11-17/h5-12,22H,4,13H2,1-3H3. The van der Waals surface area contributed by atoms with Gasteiger partial charge in [-0.2, -0.15) is 13.9 Å². The topological polar surface area (TPSA) is 56.6 Å². The number of ether oxygens (including phenoxy) is 2. The summed E-state index contributed by atoms with van der Waals surface area (Å²) in [5.74, 6) is -0.0732. The maximum absolute atomic E-state index is 13.0. The molecule has 9 heteroatoms. The number of carbonyl (C=O) groups is 1. The predicted molar refractivity (Wildman–Crippen MR) is 113 cm³/mol. The quantitative estimate of drug-likeness (QED) is 0.479. The van der Waals surface area contributed by atoms with E-state index in [2.05, 4.69) is 9.84 Å². The maximum atomic E-state index is 13.0. The van der Waals surface area contributed by atoms with Crippen molar-refractivity contribution >= 4 is 17.5 Å². The summed E-state index contributed by atoms with van der Waals surface area (Å²) in [6.07, 6.45) is 1.51. The third kappa shape index (κ3) is 5.32. The third-order valence-corrected chi connectivity index (χ3v) is 4.82. The normalized spacial score (nSPS) is 10.9. The number of benzene rings is 2. The van der Waals surface area contributed by atoms with Gasteiger partial charge in [-0.05, 0) is 49.7 Å². The van der Waals surface area contributed by atoms with Crippen LogP contribution in [0.1, 0.15) is 28.5 Å². The summed E-state index contributed by atoms with van der Waals surface area (Å²) in [5.41, 5.74) is 2.59. The summed E-state index contributed by atoms with van der Waals surface area (Å²) < 4.78 is 36.7. The molecule has 164 valence electrons. The summed E-state index contributed by atoms with van der Waals surface area (Å²) in [6, 6.07) is 11.8. The summed E-state index contributed by atoms with van der Waals surface area (Å²) in [7, 11) is 1.66. The van der Waals surface area contributed by atoms with E-state index in [0.29, 0.717) is 28.5 Å². The van der Waals surface area contributed by atoms with Crippen LogP contribution < -0.4 is 9.47 Å². The number of nitrogens with zero attached hydrogens (tertiary/aromatic N) is 3. The van der Waals surface area contributed by atoms with Gasteiger partial charge in [-0.1, -0.05) is 23.7 Å². The molecule has 2 aromatic carbocycles. The molecule has 1 heterocycles. The van der Waals surface area contributed by atoms with Crippen molar-refractivity contribution in [2.75, 3.05) is 13.7 Å². The third-order valence-electron chi connectivity index (χ3n) is 4.58. The average molecular weight is 450 g/mol. The molecule has 0 saturated carbocycles. The second-order valence-corrected chi connectivity index (χ2v) is 7.23. The minimum atomic E-state index is -2.95. The molecule has 3 rings (SSSR count). The molecule has 3 aromatic rings. The first-order chi connectivity index (χ1) is 14.8. The summed E-state index contributed by atoms with van der Waals surface area (Å²) >= 11 is 6.05. The van der Waals surface area contributed by atoms with E-state index in [0.717, 1.165) is 5.69 Å². The van der Waals surface area contributed by atoms with Crippen LogP contribution in [0.4, 0.5) is 8.78 Å². The first-order valence-electron chi connectivity index (χ1n) is 9.56. The molecule has 0 unspecified atom stereocenters. The zero-order chi connectivity index (χ0) is 22.5. The average Bonchev–Trinajstić information content (AvgIpc) is 3.10. The van der Waals surface area contributed by atoms with Gasteiger partial charge in [0, 0.05) is 18.6 Å². The molecule has 0 aliphatic carbocycles. The zero-order valence-electron chi connectivity index (χ0n) is 17.3. The molecule has 0 aliphatic heterocycles. The fraction of sp³-hybridized carbons (Fsp3) is 0.273. The number of halogens is 3. The minimum absolute atomic E-state index is 0.0479. The minimum Gasteiger partial charge on any atom is -0.490 e. The van der Waals surface area contributed by atoms with Gasteiger partial charge in [0.25, 0.3) is 5.91 Å². The molecule has 1 amide bonds. The fourth-order valence-corrected chi connectivity index (χ4v) is 3.34. The number of hydrogen-bond acceptors (Lipinski definition) is 4. The van der Waals surface area contributed by atoms with Gasteiger partial charge >= 0.3 is 6.61 Å². The van der Waals surface area contributed by atoms with E-state index in [1.54, 1.807) is 49.8 Å². The Hall–Kier alpha value is -3.13. The Labute approximate surface area is 183 Å². The molecule has 0 radical (unpaired) electrons. The van der Waals surface area contributed by atoms with Gasteiger partial charge in [-0.3, -0.25) is 4.79 Å². The highest BCUT2D eigenvalue weighted by atomic mass is 35.5. The van der Waals surface area contributed by atoms with E-state index in [9.17, 15) is 13.6 Å². The second-order valence-electron chi connectivity index (χ2n) is 6.79. The largest absolute Gasteiger partial charge is 0.490 e. The number of alkyl halides is 2. The van der Waals surface area contributed by atoms with Crippen molar-refractivity contribution in [3.8, 4) is 17.2 Å². The first-order valence-corrected chi connectivity index (χ1v) is 9.94. The monoisotopic (exact) mass is 449 g/mol. The van der Waals surface area contributed by atoms with Crippen molar-refractivity contribution < 1.29 is 23.0 Å². The summed E-state index contributed by atoms with van der Waals surface area (Å²) in [4.78, 5) is 14.5. The maximum Gasteiger partial charge on any atom is 0.387 e. The molecular formula is C22H22ClF2N3O3. The lowest BCUT2D eigenvalue weighted by atomic mass is 10.1. The molecule has 0 bridgehead atoms. The highest BCUT2D eigenvalue weighted by molar-refractivity contribution is 6.30. The summed E-state index contributed by atoms with van der Waals surface area (Å²) in [6.45, 7) is 1.14. The van der Waals surface area contributed by atoms with Gasteiger partial charge in [0.15, 0.2) is 11.5 Å². The van der Waals surface area contributed by atoms with E-state index in [1.807, 2.05) is 12.1 Å². The molecule has 0 fully saturated rings. The highest BCUT2D eigenvalue weighted by Gasteiger charge is 2.20. The van der Waals surface area contributed by atoms with Crippen LogP contribution in [0.15, 0.2) is 48.7 Å². The van der Waals surface area contributed by atoms with Crippen LogP contribution >= 0.6 is 11.6 Å². The molecule has 1 aromatic heterocycles. The van der Waals surface area contributed by atoms with E-state index < -0.39 is 6.61 Å². The predicted octanol–water partition coefficient (Wildman–Crippen LogP) is 5.11. The van der Waals surface area contributed by atoms with Gasteiger partial charge in [-0.15, -0.1) is 0 Å². The van der Waals surface area contributed by atoms with Crippen LogP contribution in [0.5, 0.6) is 11.5 Å². The molecule has 6 nitrogen and oxygen atoms in total. The van der Waals surface area contributed by atoms with E-state index >= 15 is 0 Å². The Balaban J connectivity index is 1.79. The van der Waals surface area contributed by atoms with Crippen LogP contribution in [-0.4, -0.2) is 40.9 Å². The van der Waals surface area contributed by atoms with E-state index in [-0.39, 0.29) is 24.0 Å². The van der Waals surface area contributed by atoms with Crippen molar-refractivity contribution in [3.05, 3.63) is 70.5 Å². The van der Waals surface area contributed by atoms with Crippen LogP contribution in [0.3, 0.4) is 0 Å². The molecule has 0 saturated heterocycles. The van der Waals surface area contributed by atoms with Crippen molar-refractivity contribution in [2.24, 2.45) is 0 Å². The summed E-state index contributed by atoms with van der Waals surface area (Å²) in [5, 5.41) is 4.89.